The molecule has 134 valence electrons. The second-order valence-corrected chi connectivity index (χ2v) is 6.44. The van der Waals surface area contributed by atoms with Crippen LogP contribution in [0.3, 0.4) is 0 Å². The molecule has 0 saturated carbocycles. The molecule has 0 saturated heterocycles. The average Bonchev–Trinajstić information content (AvgIpc) is 2.83. The van der Waals surface area contributed by atoms with Crippen molar-refractivity contribution in [2.45, 2.75) is 20.8 Å². The lowest BCUT2D eigenvalue weighted by atomic mass is 10.1. The maximum absolute atomic E-state index is 12.6. The number of carbonyl (C=O) groups excluding carboxylic acids is 3. The molecule has 0 fully saturated rings. The summed E-state index contributed by atoms with van der Waals surface area (Å²) >= 11 is 0. The lowest BCUT2D eigenvalue weighted by molar-refractivity contribution is -0.118. The molecular weight excluding hydrogens is 336 g/mol. The number of imide groups is 1. The first-order valence-electron chi connectivity index (χ1n) is 8.03. The van der Waals surface area contributed by atoms with Gasteiger partial charge in [-0.25, -0.2) is 0 Å². The number of nitrogen functional groups attached to an aromatic ring is 1. The number of aryl methyl sites for hydroxylation is 1. The zero-order chi connectivity index (χ0) is 19.2. The van der Waals surface area contributed by atoms with Gasteiger partial charge in [0.2, 0.25) is 5.91 Å². The number of amides is 3. The average molecular weight is 354 g/mol. The second-order valence-electron chi connectivity index (χ2n) is 6.44. The fourth-order valence-electron chi connectivity index (χ4n) is 2.74. The van der Waals surface area contributed by atoms with Crippen LogP contribution in [-0.2, 0) is 4.79 Å². The largest absolute Gasteiger partial charge is 0.384 e. The van der Waals surface area contributed by atoms with Crippen molar-refractivity contribution in [3.8, 4) is 5.69 Å². The SMILES string of the molecule is Cc1ccc(NC(=O)C(C)C)c(-n2c(N)c3c(cc2=O)C(=O)NC3=O)c1. The van der Waals surface area contributed by atoms with Crippen molar-refractivity contribution in [1.82, 2.24) is 9.88 Å². The van der Waals surface area contributed by atoms with Gasteiger partial charge in [0.1, 0.15) is 5.82 Å². The van der Waals surface area contributed by atoms with E-state index >= 15 is 0 Å². The van der Waals surface area contributed by atoms with E-state index in [-0.39, 0.29) is 28.8 Å². The molecular formula is C18H18N4O4. The van der Waals surface area contributed by atoms with Gasteiger partial charge >= 0.3 is 0 Å². The molecule has 1 aromatic heterocycles. The van der Waals surface area contributed by atoms with Crippen LogP contribution in [0.5, 0.6) is 0 Å². The molecule has 1 aromatic carbocycles. The number of hydrogen-bond acceptors (Lipinski definition) is 5. The molecule has 26 heavy (non-hydrogen) atoms. The van der Waals surface area contributed by atoms with E-state index in [1.165, 1.54) is 0 Å². The van der Waals surface area contributed by atoms with Crippen LogP contribution >= 0.6 is 0 Å². The predicted octanol–water partition coefficient (Wildman–Crippen LogP) is 1.21. The molecule has 8 heteroatoms. The third-order valence-corrected chi connectivity index (χ3v) is 4.13. The summed E-state index contributed by atoms with van der Waals surface area (Å²) in [5, 5.41) is 4.88. The molecule has 0 atom stereocenters. The maximum Gasteiger partial charge on any atom is 0.262 e. The quantitative estimate of drug-likeness (QED) is 0.715. The van der Waals surface area contributed by atoms with E-state index in [4.69, 9.17) is 5.73 Å². The van der Waals surface area contributed by atoms with Crippen molar-refractivity contribution in [2.24, 2.45) is 5.92 Å². The number of carbonyl (C=O) groups is 3. The van der Waals surface area contributed by atoms with Crippen LogP contribution in [-0.4, -0.2) is 22.3 Å². The summed E-state index contributed by atoms with van der Waals surface area (Å²) in [6, 6.07) is 6.19. The summed E-state index contributed by atoms with van der Waals surface area (Å²) in [7, 11) is 0. The Kier molecular flexibility index (Phi) is 4.11. The smallest absolute Gasteiger partial charge is 0.262 e. The first kappa shape index (κ1) is 17.4. The molecule has 1 aliphatic heterocycles. The molecule has 0 unspecified atom stereocenters. The van der Waals surface area contributed by atoms with Gasteiger partial charge in [-0.2, -0.15) is 0 Å². The summed E-state index contributed by atoms with van der Waals surface area (Å²) in [4.78, 5) is 48.5. The summed E-state index contributed by atoms with van der Waals surface area (Å²) in [6.45, 7) is 5.31. The van der Waals surface area contributed by atoms with Crippen molar-refractivity contribution in [3.05, 3.63) is 51.3 Å². The van der Waals surface area contributed by atoms with Crippen molar-refractivity contribution < 1.29 is 14.4 Å². The number of fused-ring (bicyclic) bond motifs is 1. The molecule has 8 nitrogen and oxygen atoms in total. The van der Waals surface area contributed by atoms with Crippen molar-refractivity contribution in [1.29, 1.82) is 0 Å². The van der Waals surface area contributed by atoms with E-state index in [2.05, 4.69) is 10.6 Å². The van der Waals surface area contributed by atoms with E-state index in [1.807, 2.05) is 6.92 Å². The Morgan fingerprint density at radius 3 is 2.50 bits per heavy atom. The molecule has 0 bridgehead atoms. The van der Waals surface area contributed by atoms with E-state index < -0.39 is 17.4 Å². The van der Waals surface area contributed by atoms with Crippen LogP contribution in [0.1, 0.15) is 40.1 Å². The van der Waals surface area contributed by atoms with Crippen LogP contribution in [0.4, 0.5) is 11.5 Å². The van der Waals surface area contributed by atoms with Gasteiger partial charge in [-0.05, 0) is 24.6 Å². The number of benzene rings is 1. The van der Waals surface area contributed by atoms with Gasteiger partial charge in [0.25, 0.3) is 17.4 Å². The van der Waals surface area contributed by atoms with E-state index in [0.29, 0.717) is 11.4 Å². The topological polar surface area (TPSA) is 123 Å². The van der Waals surface area contributed by atoms with E-state index in [1.54, 1.807) is 32.0 Å². The summed E-state index contributed by atoms with van der Waals surface area (Å²) in [6.07, 6.45) is 0. The monoisotopic (exact) mass is 354 g/mol. The minimum Gasteiger partial charge on any atom is -0.384 e. The fraction of sp³-hybridized carbons (Fsp3) is 0.222. The molecule has 3 rings (SSSR count). The van der Waals surface area contributed by atoms with Gasteiger partial charge in [-0.15, -0.1) is 0 Å². The molecule has 3 amide bonds. The minimum absolute atomic E-state index is 0.0442. The Hall–Kier alpha value is -3.42. The third-order valence-electron chi connectivity index (χ3n) is 4.13. The highest BCUT2D eigenvalue weighted by molar-refractivity contribution is 6.23. The number of hydrogen-bond donors (Lipinski definition) is 3. The lowest BCUT2D eigenvalue weighted by Crippen LogP contribution is -2.26. The van der Waals surface area contributed by atoms with Crippen molar-refractivity contribution >= 4 is 29.2 Å². The molecule has 2 heterocycles. The Morgan fingerprint density at radius 1 is 1.15 bits per heavy atom. The standard InChI is InChI=1S/C18H18N4O4/c1-8(2)16(24)20-11-5-4-9(3)6-12(11)22-13(23)7-10-14(15(22)19)18(26)21-17(10)25/h4-8H,19H2,1-3H3,(H,20,24)(H,21,25,26). The van der Waals surface area contributed by atoms with Crippen LogP contribution in [0.15, 0.2) is 29.1 Å². The number of nitrogens with zero attached hydrogens (tertiary/aromatic N) is 1. The predicted molar refractivity (Wildman–Crippen MR) is 96.5 cm³/mol. The zero-order valence-corrected chi connectivity index (χ0v) is 14.5. The van der Waals surface area contributed by atoms with Gasteiger partial charge < -0.3 is 11.1 Å². The number of anilines is 2. The zero-order valence-electron chi connectivity index (χ0n) is 14.5. The van der Waals surface area contributed by atoms with Crippen LogP contribution in [0.25, 0.3) is 5.69 Å². The molecule has 4 N–H and O–H groups in total. The van der Waals surface area contributed by atoms with Crippen LogP contribution in [0.2, 0.25) is 0 Å². The lowest BCUT2D eigenvalue weighted by Gasteiger charge is -2.17. The fourth-order valence-corrected chi connectivity index (χ4v) is 2.74. The number of nitrogens with two attached hydrogens (primary N) is 1. The van der Waals surface area contributed by atoms with Crippen molar-refractivity contribution in [2.75, 3.05) is 11.1 Å². The number of pyridine rings is 1. The van der Waals surface area contributed by atoms with E-state index in [9.17, 15) is 19.2 Å². The first-order valence-corrected chi connectivity index (χ1v) is 8.03. The van der Waals surface area contributed by atoms with Gasteiger partial charge in [-0.3, -0.25) is 29.1 Å². The highest BCUT2D eigenvalue weighted by atomic mass is 16.2. The Labute approximate surface area is 149 Å². The normalized spacial score (nSPS) is 12.9. The highest BCUT2D eigenvalue weighted by Crippen LogP contribution is 2.27. The van der Waals surface area contributed by atoms with Crippen LogP contribution in [0, 0.1) is 12.8 Å². The van der Waals surface area contributed by atoms with Gasteiger partial charge in [0.15, 0.2) is 0 Å². The first-order chi connectivity index (χ1) is 12.2. The second kappa shape index (κ2) is 6.14. The number of rotatable bonds is 3. The van der Waals surface area contributed by atoms with Crippen molar-refractivity contribution in [3.63, 3.8) is 0 Å². The maximum atomic E-state index is 12.6. The summed E-state index contributed by atoms with van der Waals surface area (Å²) in [5.41, 5.74) is 6.94. The van der Waals surface area contributed by atoms with Gasteiger partial charge in [0, 0.05) is 12.0 Å². The summed E-state index contributed by atoms with van der Waals surface area (Å²) in [5.74, 6) is -1.95. The highest BCUT2D eigenvalue weighted by Gasteiger charge is 2.32. The summed E-state index contributed by atoms with van der Waals surface area (Å²) < 4.78 is 1.12. The molecule has 0 aliphatic carbocycles. The Morgan fingerprint density at radius 2 is 1.85 bits per heavy atom. The minimum atomic E-state index is -0.656. The van der Waals surface area contributed by atoms with Gasteiger partial charge in [0.05, 0.1) is 22.5 Å². The number of aromatic nitrogens is 1. The molecule has 2 aromatic rings. The van der Waals surface area contributed by atoms with Crippen LogP contribution < -0.4 is 21.9 Å². The Balaban J connectivity index is 2.25. The third kappa shape index (κ3) is 2.75. The molecule has 0 radical (unpaired) electrons. The Bertz CT molecular complexity index is 1020. The van der Waals surface area contributed by atoms with E-state index in [0.717, 1.165) is 16.2 Å². The number of nitrogens with one attached hydrogen (secondary N) is 2. The van der Waals surface area contributed by atoms with Gasteiger partial charge in [-0.1, -0.05) is 19.9 Å². The molecule has 0 spiro atoms. The molecule has 1 aliphatic rings.